The minimum atomic E-state index is -1.80. The topological polar surface area (TPSA) is 214 Å². The molecule has 2 aromatic heterocycles. The molecule has 3 saturated heterocycles. The number of pyridine rings is 1. The van der Waals surface area contributed by atoms with Gasteiger partial charge in [0.25, 0.3) is 0 Å². The molecule has 0 radical (unpaired) electrons. The van der Waals surface area contributed by atoms with Gasteiger partial charge in [0.2, 0.25) is 0 Å². The lowest BCUT2D eigenvalue weighted by molar-refractivity contribution is -0.302. The Morgan fingerprint density at radius 1 is 0.984 bits per heavy atom. The number of methoxy groups -OCH3 is 1. The van der Waals surface area contributed by atoms with Crippen LogP contribution in [0.2, 0.25) is 0 Å². The maximum Gasteiger partial charge on any atom is 0.309 e. The quantitative estimate of drug-likeness (QED) is 0.205. The first-order valence-electron chi connectivity index (χ1n) is 23.3. The minimum Gasteiger partial charge on any atom is -0.459 e. The zero-order valence-corrected chi connectivity index (χ0v) is 40.6. The lowest BCUT2D eigenvalue weighted by Crippen LogP contribution is -2.62. The summed E-state index contributed by atoms with van der Waals surface area (Å²) in [5.74, 6) is -3.07. The molecule has 1 unspecified atom stereocenters. The molecule has 2 aromatic rings. The third kappa shape index (κ3) is 11.9. The van der Waals surface area contributed by atoms with Crippen molar-refractivity contribution in [3.63, 3.8) is 0 Å². The van der Waals surface area contributed by atoms with Gasteiger partial charge in [-0.3, -0.25) is 9.78 Å². The van der Waals surface area contributed by atoms with Crippen LogP contribution in [0.5, 0.6) is 0 Å². The van der Waals surface area contributed by atoms with Crippen molar-refractivity contribution in [2.75, 3.05) is 34.3 Å². The van der Waals surface area contributed by atoms with Gasteiger partial charge < -0.3 is 59.0 Å². The molecule has 0 amide bonds. The summed E-state index contributed by atoms with van der Waals surface area (Å²) in [6.07, 6.45) is -1.14. The molecule has 0 aromatic carbocycles. The molecule has 64 heavy (non-hydrogen) atoms. The SMILES string of the molecule is CC[C@H]1OC(=O)[C@H](C)[C@@H](C2C[C@@](C)(OC)[C@@H](O)[C@H](C)O2)[C@H](C)[C@@H](O[C@@H]2O[C@H](C)C[C@H](N(C)CCc3cn(Cc4ccncc4)nn3)[C@H]2O)[C@](C)(O)C[C@@H](C)CN(C)[C@H](C)[C@@H](O)[C@]1(C)O. The third-order valence-electron chi connectivity index (χ3n) is 14.9. The highest BCUT2D eigenvalue weighted by atomic mass is 16.7. The second kappa shape index (κ2) is 21.5. The summed E-state index contributed by atoms with van der Waals surface area (Å²) in [7, 11) is 5.35. The highest BCUT2D eigenvalue weighted by Crippen LogP contribution is 2.45. The number of esters is 1. The van der Waals surface area contributed by atoms with E-state index in [1.54, 1.807) is 44.8 Å². The van der Waals surface area contributed by atoms with E-state index in [-0.39, 0.29) is 37.3 Å². The predicted molar refractivity (Wildman–Crippen MR) is 239 cm³/mol. The average Bonchev–Trinajstić information content (AvgIpc) is 3.69. The number of nitrogens with zero attached hydrogens (tertiary/aromatic N) is 6. The van der Waals surface area contributed by atoms with Gasteiger partial charge in [0.05, 0.1) is 53.8 Å². The van der Waals surface area contributed by atoms with E-state index in [0.29, 0.717) is 32.5 Å². The van der Waals surface area contributed by atoms with Crippen molar-refractivity contribution in [1.82, 2.24) is 29.8 Å². The molecule has 5 rings (SSSR count). The zero-order chi connectivity index (χ0) is 47.5. The van der Waals surface area contributed by atoms with Crippen LogP contribution in [0.4, 0.5) is 0 Å². The Hall–Kier alpha value is -2.68. The number of carbonyl (C=O) groups excluding carboxylic acids is 1. The molecule has 3 fully saturated rings. The van der Waals surface area contributed by atoms with Crippen LogP contribution < -0.4 is 0 Å². The molecule has 364 valence electrons. The van der Waals surface area contributed by atoms with E-state index in [1.165, 1.54) is 14.0 Å². The number of hydrogen-bond acceptors (Lipinski definition) is 16. The number of aromatic nitrogens is 4. The predicted octanol–water partition coefficient (Wildman–Crippen LogP) is 2.82. The van der Waals surface area contributed by atoms with Crippen LogP contribution in [0, 0.1) is 23.7 Å². The maximum atomic E-state index is 14.6. The van der Waals surface area contributed by atoms with Gasteiger partial charge in [-0.1, -0.05) is 32.9 Å². The van der Waals surface area contributed by atoms with Crippen molar-refractivity contribution < 1.29 is 54.0 Å². The second-order valence-corrected chi connectivity index (χ2v) is 20.3. The summed E-state index contributed by atoms with van der Waals surface area (Å²) in [6.45, 7) is 19.6. The van der Waals surface area contributed by atoms with Crippen LogP contribution in [0.1, 0.15) is 106 Å². The number of ether oxygens (including phenoxy) is 5. The molecule has 0 saturated carbocycles. The van der Waals surface area contributed by atoms with E-state index in [1.807, 2.05) is 71.9 Å². The second-order valence-electron chi connectivity index (χ2n) is 20.3. The Morgan fingerprint density at radius 2 is 1.66 bits per heavy atom. The van der Waals surface area contributed by atoms with E-state index in [4.69, 9.17) is 23.7 Å². The molecule has 18 atom stereocenters. The first-order valence-corrected chi connectivity index (χ1v) is 23.3. The van der Waals surface area contributed by atoms with E-state index < -0.39 is 95.6 Å². The van der Waals surface area contributed by atoms with Gasteiger partial charge in [-0.15, -0.1) is 5.10 Å². The molecule has 0 bridgehead atoms. The minimum absolute atomic E-state index is 0.158. The van der Waals surface area contributed by atoms with Gasteiger partial charge in [-0.2, -0.15) is 0 Å². The van der Waals surface area contributed by atoms with E-state index in [2.05, 4.69) is 20.2 Å². The molecule has 17 heteroatoms. The van der Waals surface area contributed by atoms with Crippen LogP contribution in [-0.4, -0.2) is 180 Å². The van der Waals surface area contributed by atoms with Crippen molar-refractivity contribution in [1.29, 1.82) is 0 Å². The summed E-state index contributed by atoms with van der Waals surface area (Å²) in [4.78, 5) is 22.7. The normalized spacial score (nSPS) is 42.5. The Bertz CT molecular complexity index is 1770. The summed E-state index contributed by atoms with van der Waals surface area (Å²) >= 11 is 0. The van der Waals surface area contributed by atoms with Gasteiger partial charge >= 0.3 is 5.97 Å². The zero-order valence-electron chi connectivity index (χ0n) is 40.6. The van der Waals surface area contributed by atoms with Crippen LogP contribution in [0.25, 0.3) is 0 Å². The largest absolute Gasteiger partial charge is 0.459 e. The first kappa shape index (κ1) is 52.3. The fraction of sp³-hybridized carbons (Fsp3) is 0.830. The summed E-state index contributed by atoms with van der Waals surface area (Å²) in [5.41, 5.74) is -2.54. The van der Waals surface area contributed by atoms with Gasteiger partial charge in [-0.25, -0.2) is 4.68 Å². The average molecular weight is 905 g/mol. The van der Waals surface area contributed by atoms with Crippen molar-refractivity contribution in [2.45, 2.75) is 192 Å². The number of carbonyl (C=O) groups is 1. The molecule has 3 aliphatic rings. The van der Waals surface area contributed by atoms with E-state index in [9.17, 15) is 30.3 Å². The fourth-order valence-corrected chi connectivity index (χ4v) is 10.9. The lowest BCUT2D eigenvalue weighted by Gasteiger charge is -2.51. The lowest BCUT2D eigenvalue weighted by atomic mass is 9.68. The Morgan fingerprint density at radius 3 is 2.30 bits per heavy atom. The van der Waals surface area contributed by atoms with Gasteiger partial charge in [0.1, 0.15) is 30.0 Å². The van der Waals surface area contributed by atoms with Gasteiger partial charge in [-0.05, 0) is 104 Å². The van der Waals surface area contributed by atoms with Crippen molar-refractivity contribution >= 4 is 5.97 Å². The van der Waals surface area contributed by atoms with Gasteiger partial charge in [0, 0.05) is 69.6 Å². The number of aliphatic hydroxyl groups is 5. The molecule has 5 heterocycles. The Labute approximate surface area is 380 Å². The molecular weight excluding hydrogens is 825 g/mol. The first-order chi connectivity index (χ1) is 29.9. The molecule has 3 aliphatic heterocycles. The maximum absolute atomic E-state index is 14.6. The number of hydrogen-bond donors (Lipinski definition) is 5. The monoisotopic (exact) mass is 905 g/mol. The Kier molecular flexibility index (Phi) is 17.6. The smallest absolute Gasteiger partial charge is 0.309 e. The standard InChI is InChI=1S/C47H80N6O11/c1-14-37-47(10,59)40(55)31(6)52(12)24-27(2)22-45(8,58)42(29(4)38(30(5)43(57)63-37)36-23-46(9,60-13)41(56)32(7)62-36)64-44-39(54)35(21-28(3)61-44)51(11)20-17-34-26-53(50-49-34)25-33-15-18-48-19-16-33/h15-16,18-19,26-32,35-42,44,54-56,58-59H,14,17,20-25H2,1-13H3/t27-,28-,29+,30-,31-,32+,35+,36?,37-,38+,39-,40-,41+,42-,44+,45-,46-,47-/m1/s1. The van der Waals surface area contributed by atoms with Crippen LogP contribution in [0.15, 0.2) is 30.7 Å². The molecule has 17 nitrogen and oxygen atoms in total. The summed E-state index contributed by atoms with van der Waals surface area (Å²) in [6, 6.07) is 2.95. The van der Waals surface area contributed by atoms with Crippen LogP contribution in [-0.2, 0) is 41.4 Å². The van der Waals surface area contributed by atoms with Crippen LogP contribution >= 0.6 is 0 Å². The van der Waals surface area contributed by atoms with E-state index >= 15 is 0 Å². The van der Waals surface area contributed by atoms with Crippen molar-refractivity contribution in [3.05, 3.63) is 42.0 Å². The Balaban J connectivity index is 1.49. The fourth-order valence-electron chi connectivity index (χ4n) is 10.9. The highest BCUT2D eigenvalue weighted by molar-refractivity contribution is 5.73. The number of aliphatic hydroxyl groups excluding tert-OH is 3. The highest BCUT2D eigenvalue weighted by Gasteiger charge is 2.55. The van der Waals surface area contributed by atoms with Gasteiger partial charge in [0.15, 0.2) is 6.29 Å². The van der Waals surface area contributed by atoms with Crippen molar-refractivity contribution in [3.8, 4) is 0 Å². The summed E-state index contributed by atoms with van der Waals surface area (Å²) in [5, 5.41) is 68.5. The molecule has 5 N–H and O–H groups in total. The molecule has 0 aliphatic carbocycles. The molecule has 0 spiro atoms. The number of likely N-dealkylation sites (N-methyl/N-ethyl adjacent to an activating group) is 2. The van der Waals surface area contributed by atoms with Crippen molar-refractivity contribution in [2.24, 2.45) is 23.7 Å². The molecular formula is C47H80N6O11. The number of cyclic esters (lactones) is 1. The number of rotatable bonds is 11. The third-order valence-corrected chi connectivity index (χ3v) is 14.9. The van der Waals surface area contributed by atoms with Crippen LogP contribution in [0.3, 0.4) is 0 Å². The van der Waals surface area contributed by atoms with E-state index in [0.717, 1.165) is 11.3 Å². The summed E-state index contributed by atoms with van der Waals surface area (Å²) < 4.78 is 33.9.